The molecule has 2 rings (SSSR count). The molecule has 0 atom stereocenters. The molecule has 0 aliphatic carbocycles. The zero-order valence-corrected chi connectivity index (χ0v) is 9.98. The third-order valence-electron chi connectivity index (χ3n) is 2.46. The van der Waals surface area contributed by atoms with Gasteiger partial charge in [0.15, 0.2) is 0 Å². The van der Waals surface area contributed by atoms with Crippen molar-refractivity contribution in [1.29, 1.82) is 0 Å². The molecular weight excluding hydrogens is 277 g/mol. The second kappa shape index (κ2) is 5.28. The molecule has 1 aromatic carbocycles. The van der Waals surface area contributed by atoms with E-state index in [-0.39, 0.29) is 23.7 Å². The van der Waals surface area contributed by atoms with Gasteiger partial charge < -0.3 is 14.3 Å². The largest absolute Gasteiger partial charge is 0.485 e. The highest BCUT2D eigenvalue weighted by molar-refractivity contribution is 5.87. The Hall–Kier alpha value is -2.44. The topological polar surface area (TPSA) is 59.7 Å². The van der Waals surface area contributed by atoms with Gasteiger partial charge in [0.1, 0.15) is 24.4 Å². The van der Waals surface area contributed by atoms with E-state index >= 15 is 0 Å². The molecule has 20 heavy (non-hydrogen) atoms. The number of alkyl halides is 3. The second-order valence-corrected chi connectivity index (χ2v) is 3.89. The van der Waals surface area contributed by atoms with Gasteiger partial charge in [-0.1, -0.05) is 12.1 Å². The molecule has 7 heteroatoms. The number of aromatic carboxylic acids is 1. The molecule has 0 amide bonds. The van der Waals surface area contributed by atoms with Crippen molar-refractivity contribution in [3.63, 3.8) is 0 Å². The Morgan fingerprint density at radius 3 is 2.60 bits per heavy atom. The van der Waals surface area contributed by atoms with Gasteiger partial charge in [-0.05, 0) is 18.2 Å². The molecule has 1 N–H and O–H groups in total. The standard InChI is InChI=1S/C13H9F3O4/c14-13(15,16)10-3-1-2-4-11(10)20-7-9-5-8(6-19-9)12(17)18/h1-6H,7H2,(H,17,18). The van der Waals surface area contributed by atoms with Crippen molar-refractivity contribution in [2.75, 3.05) is 0 Å². The molecule has 0 aliphatic heterocycles. The Balaban J connectivity index is 2.13. The van der Waals surface area contributed by atoms with Gasteiger partial charge in [-0.25, -0.2) is 4.79 Å². The van der Waals surface area contributed by atoms with Crippen molar-refractivity contribution in [3.05, 3.63) is 53.5 Å². The van der Waals surface area contributed by atoms with Gasteiger partial charge in [0.2, 0.25) is 0 Å². The molecular formula is C13H9F3O4. The molecule has 0 saturated heterocycles. The molecule has 0 unspecified atom stereocenters. The summed E-state index contributed by atoms with van der Waals surface area (Å²) in [5, 5.41) is 8.68. The van der Waals surface area contributed by atoms with Crippen molar-refractivity contribution in [2.45, 2.75) is 12.8 Å². The molecule has 1 aromatic heterocycles. The molecule has 0 aliphatic rings. The van der Waals surface area contributed by atoms with Crippen molar-refractivity contribution in [1.82, 2.24) is 0 Å². The number of benzene rings is 1. The highest BCUT2D eigenvalue weighted by Crippen LogP contribution is 2.36. The molecule has 2 aromatic rings. The lowest BCUT2D eigenvalue weighted by atomic mass is 10.2. The fourth-order valence-electron chi connectivity index (χ4n) is 1.54. The molecule has 4 nitrogen and oxygen atoms in total. The number of halogens is 3. The highest BCUT2D eigenvalue weighted by atomic mass is 19.4. The molecule has 0 bridgehead atoms. The Labute approximate surface area is 111 Å². The van der Waals surface area contributed by atoms with Gasteiger partial charge in [0, 0.05) is 0 Å². The fourth-order valence-corrected chi connectivity index (χ4v) is 1.54. The van der Waals surface area contributed by atoms with Crippen molar-refractivity contribution < 1.29 is 32.2 Å². The number of furan rings is 1. The monoisotopic (exact) mass is 286 g/mol. The highest BCUT2D eigenvalue weighted by Gasteiger charge is 2.34. The molecule has 106 valence electrons. The van der Waals surface area contributed by atoms with Crippen LogP contribution in [0.3, 0.4) is 0 Å². The van der Waals surface area contributed by atoms with Crippen molar-refractivity contribution in [3.8, 4) is 5.75 Å². The zero-order chi connectivity index (χ0) is 14.8. The SMILES string of the molecule is O=C(O)c1coc(COc2ccccc2C(F)(F)F)c1. The summed E-state index contributed by atoms with van der Waals surface area (Å²) in [5.41, 5.74) is -0.988. The predicted octanol–water partition coefficient (Wildman–Crippen LogP) is 3.58. The summed E-state index contributed by atoms with van der Waals surface area (Å²) in [6.07, 6.45) is -3.53. The Morgan fingerprint density at radius 2 is 2.00 bits per heavy atom. The predicted molar refractivity (Wildman–Crippen MR) is 61.4 cm³/mol. The summed E-state index contributed by atoms with van der Waals surface area (Å²) in [6, 6.07) is 5.95. The van der Waals surface area contributed by atoms with E-state index in [2.05, 4.69) is 0 Å². The molecule has 0 spiro atoms. The van der Waals surface area contributed by atoms with Crippen LogP contribution in [0, 0.1) is 0 Å². The van der Waals surface area contributed by atoms with Crippen molar-refractivity contribution in [2.24, 2.45) is 0 Å². The normalized spacial score (nSPS) is 11.3. The van der Waals surface area contributed by atoms with Crippen LogP contribution in [0.1, 0.15) is 21.7 Å². The number of carbonyl (C=O) groups is 1. The third-order valence-corrected chi connectivity index (χ3v) is 2.46. The number of rotatable bonds is 4. The maximum Gasteiger partial charge on any atom is 0.419 e. The summed E-state index contributed by atoms with van der Waals surface area (Å²) in [6.45, 7) is -0.291. The lowest BCUT2D eigenvalue weighted by Crippen LogP contribution is -2.08. The van der Waals surface area contributed by atoms with E-state index in [1.165, 1.54) is 24.3 Å². The first-order valence-corrected chi connectivity index (χ1v) is 5.47. The summed E-state index contributed by atoms with van der Waals surface area (Å²) in [7, 11) is 0. The molecule has 0 radical (unpaired) electrons. The quantitative estimate of drug-likeness (QED) is 0.933. The summed E-state index contributed by atoms with van der Waals surface area (Å²) in [4.78, 5) is 10.6. The molecule has 0 saturated carbocycles. The van der Waals surface area contributed by atoms with E-state index in [4.69, 9.17) is 14.3 Å². The van der Waals surface area contributed by atoms with Gasteiger partial charge in [-0.2, -0.15) is 13.2 Å². The van der Waals surface area contributed by atoms with E-state index in [1.54, 1.807) is 0 Å². The van der Waals surface area contributed by atoms with Crippen LogP contribution < -0.4 is 4.74 Å². The minimum atomic E-state index is -4.52. The van der Waals surface area contributed by atoms with Gasteiger partial charge in [-0.3, -0.25) is 0 Å². The smallest absolute Gasteiger partial charge is 0.419 e. The Kier molecular flexibility index (Phi) is 3.69. The van der Waals surface area contributed by atoms with Crippen LogP contribution in [0.15, 0.2) is 41.0 Å². The maximum absolute atomic E-state index is 12.7. The molecule has 1 heterocycles. The summed E-state index contributed by atoms with van der Waals surface area (Å²) < 4.78 is 48.0. The molecule has 0 fully saturated rings. The van der Waals surface area contributed by atoms with Gasteiger partial charge in [0.05, 0.1) is 11.1 Å². The second-order valence-electron chi connectivity index (χ2n) is 3.89. The number of carboxylic acids is 1. The zero-order valence-electron chi connectivity index (χ0n) is 9.98. The van der Waals surface area contributed by atoms with Crippen LogP contribution in [-0.4, -0.2) is 11.1 Å². The van der Waals surface area contributed by atoms with Crippen LogP contribution in [0.25, 0.3) is 0 Å². The van der Waals surface area contributed by atoms with E-state index < -0.39 is 17.7 Å². The van der Waals surface area contributed by atoms with Gasteiger partial charge in [0.25, 0.3) is 0 Å². The minimum Gasteiger partial charge on any atom is -0.485 e. The lowest BCUT2D eigenvalue weighted by Gasteiger charge is -2.12. The van der Waals surface area contributed by atoms with E-state index in [0.29, 0.717) is 0 Å². The van der Waals surface area contributed by atoms with Crippen LogP contribution in [0.5, 0.6) is 5.75 Å². The average molecular weight is 286 g/mol. The minimum absolute atomic E-state index is 0.0901. The van der Waals surface area contributed by atoms with E-state index in [0.717, 1.165) is 12.3 Å². The van der Waals surface area contributed by atoms with Crippen molar-refractivity contribution >= 4 is 5.97 Å². The number of hydrogen-bond donors (Lipinski definition) is 1. The van der Waals surface area contributed by atoms with Crippen LogP contribution in [0.2, 0.25) is 0 Å². The number of hydrogen-bond acceptors (Lipinski definition) is 3. The first-order valence-electron chi connectivity index (χ1n) is 5.47. The Morgan fingerprint density at radius 1 is 1.30 bits per heavy atom. The Bertz CT molecular complexity index is 616. The van der Waals surface area contributed by atoms with E-state index in [9.17, 15) is 18.0 Å². The lowest BCUT2D eigenvalue weighted by molar-refractivity contribution is -0.139. The van der Waals surface area contributed by atoms with Gasteiger partial charge in [-0.15, -0.1) is 0 Å². The summed E-state index contributed by atoms with van der Waals surface area (Å²) >= 11 is 0. The number of carboxylic acid groups (broad SMARTS) is 1. The maximum atomic E-state index is 12.7. The first-order chi connectivity index (χ1) is 9.38. The van der Waals surface area contributed by atoms with Crippen LogP contribution >= 0.6 is 0 Å². The van der Waals surface area contributed by atoms with E-state index in [1.807, 2.05) is 0 Å². The summed E-state index contributed by atoms with van der Waals surface area (Å²) in [5.74, 6) is -1.40. The number of para-hydroxylation sites is 1. The van der Waals surface area contributed by atoms with Crippen LogP contribution in [0.4, 0.5) is 13.2 Å². The first kappa shape index (κ1) is 14.0. The van der Waals surface area contributed by atoms with Gasteiger partial charge >= 0.3 is 12.1 Å². The van der Waals surface area contributed by atoms with Crippen LogP contribution in [-0.2, 0) is 12.8 Å². The third kappa shape index (κ3) is 3.11. The number of ether oxygens (including phenoxy) is 1. The average Bonchev–Trinajstić information content (AvgIpc) is 2.84. The fraction of sp³-hybridized carbons (Fsp3) is 0.154.